The minimum atomic E-state index is -0.265. The highest BCUT2D eigenvalue weighted by molar-refractivity contribution is 5.76. The van der Waals surface area contributed by atoms with Crippen LogP contribution in [0.1, 0.15) is 5.56 Å². The Hall–Kier alpha value is -3.48. The lowest BCUT2D eigenvalue weighted by Crippen LogP contribution is -2.50. The summed E-state index contributed by atoms with van der Waals surface area (Å²) in [5, 5.41) is 0. The first-order chi connectivity index (χ1) is 14.5. The fourth-order valence-corrected chi connectivity index (χ4v) is 3.58. The van der Waals surface area contributed by atoms with E-state index in [9.17, 15) is 14.0 Å². The monoisotopic (exact) mass is 406 g/mol. The molecule has 0 atom stereocenters. The fraction of sp³-hybridized carbons (Fsp3) is 0.261. The maximum absolute atomic E-state index is 14.0. The first kappa shape index (κ1) is 19.8. The van der Waals surface area contributed by atoms with Crippen LogP contribution in [0.25, 0.3) is 11.3 Å². The van der Waals surface area contributed by atoms with Crippen LogP contribution in [-0.4, -0.2) is 46.5 Å². The number of rotatable bonds is 4. The van der Waals surface area contributed by atoms with Crippen LogP contribution in [0.3, 0.4) is 0 Å². The van der Waals surface area contributed by atoms with Crippen LogP contribution in [0.4, 0.5) is 10.1 Å². The predicted octanol–water partition coefficient (Wildman–Crippen LogP) is 2.71. The molecular weight excluding hydrogens is 383 g/mol. The Balaban J connectivity index is 1.39. The predicted molar refractivity (Wildman–Crippen MR) is 114 cm³/mol. The van der Waals surface area contributed by atoms with Gasteiger partial charge in [0.25, 0.3) is 5.56 Å². The number of aryl methyl sites for hydroxylation is 1. The molecule has 1 fully saturated rings. The van der Waals surface area contributed by atoms with Gasteiger partial charge in [-0.3, -0.25) is 14.2 Å². The van der Waals surface area contributed by atoms with Crippen LogP contribution in [0.5, 0.6) is 0 Å². The number of aromatic nitrogens is 2. The minimum absolute atomic E-state index is 0.0558. The fourth-order valence-electron chi connectivity index (χ4n) is 3.58. The zero-order valence-electron chi connectivity index (χ0n) is 16.8. The molecule has 2 aromatic carbocycles. The van der Waals surface area contributed by atoms with Crippen molar-refractivity contribution in [1.82, 2.24) is 14.5 Å². The third-order valence-electron chi connectivity index (χ3n) is 5.36. The summed E-state index contributed by atoms with van der Waals surface area (Å²) >= 11 is 0. The highest BCUT2D eigenvalue weighted by Gasteiger charge is 2.23. The molecule has 2 heterocycles. The second kappa shape index (κ2) is 8.49. The average Bonchev–Trinajstić information content (AvgIpc) is 2.76. The quantitative estimate of drug-likeness (QED) is 0.669. The summed E-state index contributed by atoms with van der Waals surface area (Å²) in [6.07, 6.45) is 1.42. The van der Waals surface area contributed by atoms with Crippen LogP contribution < -0.4 is 10.5 Å². The largest absolute Gasteiger partial charge is 0.366 e. The molecule has 3 aromatic rings. The van der Waals surface area contributed by atoms with Gasteiger partial charge in [-0.2, -0.15) is 0 Å². The van der Waals surface area contributed by atoms with Crippen molar-refractivity contribution in [2.24, 2.45) is 0 Å². The van der Waals surface area contributed by atoms with Crippen LogP contribution in [-0.2, 0) is 11.3 Å². The number of carbonyl (C=O) groups excluding carboxylic acids is 1. The van der Waals surface area contributed by atoms with E-state index in [0.717, 1.165) is 11.1 Å². The lowest BCUT2D eigenvalue weighted by atomic mass is 10.1. The van der Waals surface area contributed by atoms with Gasteiger partial charge in [-0.1, -0.05) is 42.0 Å². The summed E-state index contributed by atoms with van der Waals surface area (Å²) in [5.74, 6) is -0.404. The van der Waals surface area contributed by atoms with Crippen molar-refractivity contribution in [3.8, 4) is 11.3 Å². The van der Waals surface area contributed by atoms with Gasteiger partial charge in [0.15, 0.2) is 0 Å². The summed E-state index contributed by atoms with van der Waals surface area (Å²) in [6.45, 7) is 4.00. The van der Waals surface area contributed by atoms with Gasteiger partial charge in [0.05, 0.1) is 17.7 Å². The molecule has 1 saturated heterocycles. The Morgan fingerprint density at radius 3 is 2.40 bits per heavy atom. The first-order valence-electron chi connectivity index (χ1n) is 9.92. The van der Waals surface area contributed by atoms with E-state index in [1.807, 2.05) is 36.1 Å². The van der Waals surface area contributed by atoms with Crippen molar-refractivity contribution in [1.29, 1.82) is 0 Å². The molecule has 0 aliphatic carbocycles. The molecule has 0 bridgehead atoms. The van der Waals surface area contributed by atoms with E-state index in [4.69, 9.17) is 0 Å². The molecule has 0 unspecified atom stereocenters. The van der Waals surface area contributed by atoms with E-state index in [0.29, 0.717) is 37.6 Å². The van der Waals surface area contributed by atoms with Gasteiger partial charge in [0.1, 0.15) is 12.4 Å². The molecule has 0 N–H and O–H groups in total. The van der Waals surface area contributed by atoms with Crippen LogP contribution in [0, 0.1) is 12.7 Å². The Bertz CT molecular complexity index is 1100. The van der Waals surface area contributed by atoms with Crippen molar-refractivity contribution in [3.63, 3.8) is 0 Å². The highest BCUT2D eigenvalue weighted by atomic mass is 19.1. The molecule has 0 spiro atoms. The lowest BCUT2D eigenvalue weighted by Gasteiger charge is -2.36. The number of piperazine rings is 1. The Kier molecular flexibility index (Phi) is 5.61. The maximum Gasteiger partial charge on any atom is 0.254 e. The number of para-hydroxylation sites is 1. The summed E-state index contributed by atoms with van der Waals surface area (Å²) in [7, 11) is 0. The number of hydrogen-bond donors (Lipinski definition) is 0. The van der Waals surface area contributed by atoms with Crippen molar-refractivity contribution >= 4 is 11.6 Å². The average molecular weight is 406 g/mol. The molecule has 0 radical (unpaired) electrons. The summed E-state index contributed by atoms with van der Waals surface area (Å²) in [4.78, 5) is 33.1. The summed E-state index contributed by atoms with van der Waals surface area (Å²) < 4.78 is 15.3. The molecule has 1 aliphatic heterocycles. The third-order valence-corrected chi connectivity index (χ3v) is 5.36. The van der Waals surface area contributed by atoms with Crippen LogP contribution in [0.2, 0.25) is 0 Å². The highest BCUT2D eigenvalue weighted by Crippen LogP contribution is 2.20. The summed E-state index contributed by atoms with van der Waals surface area (Å²) in [6, 6.07) is 15.9. The number of amides is 1. The van der Waals surface area contributed by atoms with Gasteiger partial charge in [-0.05, 0) is 19.1 Å². The normalized spacial score (nSPS) is 14.1. The number of halogens is 1. The molecule has 6 nitrogen and oxygen atoms in total. The van der Waals surface area contributed by atoms with E-state index in [1.165, 1.54) is 23.0 Å². The third kappa shape index (κ3) is 4.25. The van der Waals surface area contributed by atoms with Crippen molar-refractivity contribution < 1.29 is 9.18 Å². The van der Waals surface area contributed by atoms with E-state index in [-0.39, 0.29) is 23.8 Å². The zero-order valence-corrected chi connectivity index (χ0v) is 16.8. The Labute approximate surface area is 174 Å². The Morgan fingerprint density at radius 2 is 1.73 bits per heavy atom. The van der Waals surface area contributed by atoms with Gasteiger partial charge in [-0.15, -0.1) is 0 Å². The second-order valence-corrected chi connectivity index (χ2v) is 7.43. The number of benzene rings is 2. The van der Waals surface area contributed by atoms with Crippen molar-refractivity contribution in [3.05, 3.63) is 82.7 Å². The molecule has 1 aliphatic rings. The zero-order chi connectivity index (χ0) is 21.1. The number of anilines is 1. The smallest absolute Gasteiger partial charge is 0.254 e. The van der Waals surface area contributed by atoms with Crippen LogP contribution >= 0.6 is 0 Å². The SMILES string of the molecule is Cc1ccc(-c2cc(=O)n(CC(=O)N3CCN(c4ccccc4F)CC3)cn2)cc1. The molecule has 1 amide bonds. The van der Waals surface area contributed by atoms with Gasteiger partial charge < -0.3 is 9.80 Å². The number of hydrogen-bond acceptors (Lipinski definition) is 4. The first-order valence-corrected chi connectivity index (χ1v) is 9.92. The number of carbonyl (C=O) groups is 1. The lowest BCUT2D eigenvalue weighted by molar-refractivity contribution is -0.132. The molecule has 0 saturated carbocycles. The molecule has 4 rings (SSSR count). The molecule has 1 aromatic heterocycles. The van der Waals surface area contributed by atoms with E-state index >= 15 is 0 Å². The topological polar surface area (TPSA) is 58.4 Å². The molecule has 7 heteroatoms. The van der Waals surface area contributed by atoms with Crippen molar-refractivity contribution in [2.75, 3.05) is 31.1 Å². The summed E-state index contributed by atoms with van der Waals surface area (Å²) in [5.41, 5.74) is 2.87. The van der Waals surface area contributed by atoms with Gasteiger partial charge in [0.2, 0.25) is 5.91 Å². The molecular formula is C23H23FN4O2. The van der Waals surface area contributed by atoms with Gasteiger partial charge >= 0.3 is 0 Å². The van der Waals surface area contributed by atoms with Gasteiger partial charge in [-0.25, -0.2) is 9.37 Å². The maximum atomic E-state index is 14.0. The number of nitrogens with zero attached hydrogens (tertiary/aromatic N) is 4. The van der Waals surface area contributed by atoms with E-state index in [1.54, 1.807) is 23.1 Å². The molecule has 154 valence electrons. The standard InChI is InChI=1S/C23H23FN4O2/c1-17-6-8-18(9-7-17)20-14-22(29)28(16-25-20)15-23(30)27-12-10-26(11-13-27)21-5-3-2-4-19(21)24/h2-9,14,16H,10-13,15H2,1H3. The van der Waals surface area contributed by atoms with E-state index < -0.39 is 0 Å². The van der Waals surface area contributed by atoms with Gasteiger partial charge in [0, 0.05) is 37.8 Å². The molecule has 30 heavy (non-hydrogen) atoms. The Morgan fingerprint density at radius 1 is 1.03 bits per heavy atom. The van der Waals surface area contributed by atoms with Crippen LogP contribution in [0.15, 0.2) is 65.7 Å². The van der Waals surface area contributed by atoms with Crippen molar-refractivity contribution in [2.45, 2.75) is 13.5 Å². The minimum Gasteiger partial charge on any atom is -0.366 e. The van der Waals surface area contributed by atoms with E-state index in [2.05, 4.69) is 4.98 Å². The second-order valence-electron chi connectivity index (χ2n) is 7.43.